The summed E-state index contributed by atoms with van der Waals surface area (Å²) in [6, 6.07) is 10.5. The fraction of sp³-hybridized carbons (Fsp3) is 0.174. The van der Waals surface area contributed by atoms with Crippen LogP contribution in [0.4, 0.5) is 14.5 Å². The Hall–Kier alpha value is -2.78. The summed E-state index contributed by atoms with van der Waals surface area (Å²) < 4.78 is 38.4. The largest absolute Gasteiger partial charge is 0.506 e. The zero-order valence-corrected chi connectivity index (χ0v) is 19.6. The van der Waals surface area contributed by atoms with Crippen LogP contribution in [0.2, 0.25) is 0 Å². The number of rotatable bonds is 0. The van der Waals surface area contributed by atoms with Crippen LogP contribution in [0.3, 0.4) is 0 Å². The molecule has 1 aliphatic heterocycles. The normalized spacial score (nSPS) is 14.0. The molecule has 4 bridgehead atoms. The van der Waals surface area contributed by atoms with Crippen molar-refractivity contribution in [3.63, 3.8) is 0 Å². The first-order valence-corrected chi connectivity index (χ1v) is 11.3. The number of fused-ring (bicyclic) bond motifs is 6. The number of phenols is 1. The number of aryl methyl sites for hydroxylation is 1. The molecule has 1 amide bonds. The molecule has 9 heteroatoms. The molecule has 166 valence electrons. The van der Waals surface area contributed by atoms with Crippen molar-refractivity contribution >= 4 is 39.5 Å². The average Bonchev–Trinajstić information content (AvgIpc) is 2.75. The minimum absolute atomic E-state index is 0.0260. The van der Waals surface area contributed by atoms with Crippen LogP contribution in [0.25, 0.3) is 11.1 Å². The molecule has 0 saturated heterocycles. The Labute approximate surface area is 196 Å². The molecule has 0 spiro atoms. The first-order chi connectivity index (χ1) is 15.2. The number of hydrogen-bond acceptors (Lipinski definition) is 5. The van der Waals surface area contributed by atoms with Gasteiger partial charge in [-0.25, -0.2) is 8.78 Å². The van der Waals surface area contributed by atoms with Crippen LogP contribution in [-0.2, 0) is 0 Å². The minimum Gasteiger partial charge on any atom is -0.506 e. The predicted octanol–water partition coefficient (Wildman–Crippen LogP) is 5.99. The van der Waals surface area contributed by atoms with E-state index in [4.69, 9.17) is 4.74 Å². The maximum absolute atomic E-state index is 14.8. The molecule has 0 unspecified atom stereocenters. The maximum Gasteiger partial charge on any atom is 0.253 e. The number of benzene rings is 3. The van der Waals surface area contributed by atoms with E-state index in [1.807, 2.05) is 13.0 Å². The Morgan fingerprint density at radius 3 is 2.69 bits per heavy atom. The van der Waals surface area contributed by atoms with Crippen molar-refractivity contribution in [3.05, 3.63) is 69.7 Å². The third-order valence-electron chi connectivity index (χ3n) is 5.06. The Bertz CT molecular complexity index is 1220. The summed E-state index contributed by atoms with van der Waals surface area (Å²) in [5.74, 6) is -1.45. The van der Waals surface area contributed by atoms with Crippen molar-refractivity contribution in [2.24, 2.45) is 0 Å². The molecule has 32 heavy (non-hydrogen) atoms. The molecule has 3 aromatic rings. The molecule has 1 heterocycles. The lowest BCUT2D eigenvalue weighted by Gasteiger charge is -2.19. The second-order valence-corrected chi connectivity index (χ2v) is 9.10. The molecule has 0 fully saturated rings. The molecule has 0 saturated carbocycles. The predicted molar refractivity (Wildman–Crippen MR) is 124 cm³/mol. The lowest BCUT2D eigenvalue weighted by molar-refractivity contribution is 0.0773. The number of nitrogens with zero attached hydrogens (tertiary/aromatic N) is 1. The number of likely N-dealkylation sites (N-methyl/N-ethyl adjacent to an activating group) is 1. The number of carbonyl (C=O) groups excluding carboxylic acids is 1. The number of anilines is 1. The summed E-state index contributed by atoms with van der Waals surface area (Å²) >= 11 is 4.17. The number of phenolic OH excluding ortho intramolecular Hbond substituents is 1. The average molecular weight is 521 g/mol. The number of ether oxygens (including phenoxy) is 1. The second kappa shape index (κ2) is 8.99. The third kappa shape index (κ3) is 4.40. The topological polar surface area (TPSA) is 61.8 Å². The van der Waals surface area contributed by atoms with Gasteiger partial charge in [0.25, 0.3) is 5.91 Å². The van der Waals surface area contributed by atoms with Gasteiger partial charge in [-0.2, -0.15) is 0 Å². The quantitative estimate of drug-likeness (QED) is 0.356. The Kier molecular flexibility index (Phi) is 6.30. The second-order valence-electron chi connectivity index (χ2n) is 7.40. The summed E-state index contributed by atoms with van der Waals surface area (Å²) in [5, 5.41) is 10.4. The monoisotopic (exact) mass is 520 g/mol. The van der Waals surface area contributed by atoms with Crippen molar-refractivity contribution in [3.8, 4) is 22.6 Å². The van der Waals surface area contributed by atoms with E-state index in [1.54, 1.807) is 19.2 Å². The summed E-state index contributed by atoms with van der Waals surface area (Å²) in [6.07, 6.45) is 0. The van der Waals surface area contributed by atoms with E-state index < -0.39 is 11.6 Å². The fourth-order valence-corrected chi connectivity index (χ4v) is 4.67. The molecule has 0 radical (unpaired) electrons. The molecule has 0 aromatic heterocycles. The van der Waals surface area contributed by atoms with Gasteiger partial charge in [0.15, 0.2) is 0 Å². The van der Waals surface area contributed by atoms with Crippen molar-refractivity contribution in [2.45, 2.75) is 11.8 Å². The summed E-state index contributed by atoms with van der Waals surface area (Å²) in [6.45, 7) is 2.32. The van der Waals surface area contributed by atoms with Gasteiger partial charge in [0.2, 0.25) is 0 Å². The lowest BCUT2D eigenvalue weighted by atomic mass is 10.0. The lowest BCUT2D eigenvalue weighted by Crippen LogP contribution is -2.31. The van der Waals surface area contributed by atoms with E-state index in [1.165, 1.54) is 23.1 Å². The Morgan fingerprint density at radius 1 is 1.12 bits per heavy atom. The Balaban J connectivity index is 1.85. The van der Waals surface area contributed by atoms with E-state index in [9.17, 15) is 18.7 Å². The first kappa shape index (κ1) is 22.4. The minimum atomic E-state index is -0.788. The van der Waals surface area contributed by atoms with E-state index in [2.05, 4.69) is 20.7 Å². The van der Waals surface area contributed by atoms with Gasteiger partial charge in [-0.1, -0.05) is 11.6 Å². The van der Waals surface area contributed by atoms with Gasteiger partial charge < -0.3 is 19.5 Å². The maximum atomic E-state index is 14.8. The van der Waals surface area contributed by atoms with E-state index in [0.29, 0.717) is 26.2 Å². The van der Waals surface area contributed by atoms with Crippen LogP contribution in [0.1, 0.15) is 15.9 Å². The molecule has 0 atom stereocenters. The highest BCUT2D eigenvalue weighted by atomic mass is 79.9. The molecule has 0 aliphatic carbocycles. The first-order valence-electron chi connectivity index (χ1n) is 9.68. The molecular weight excluding hydrogens is 502 g/mol. The SMILES string of the molecule is Cc1ccc2c(c1)-c1cc(c(F)cc1F)NSc1cc(cc(Br)c1O)C(=O)N(C)CCO2. The van der Waals surface area contributed by atoms with Gasteiger partial charge in [-0.3, -0.25) is 4.79 Å². The van der Waals surface area contributed by atoms with E-state index >= 15 is 0 Å². The molecule has 1 aliphatic rings. The number of aromatic hydroxyl groups is 1. The number of halogens is 3. The smallest absolute Gasteiger partial charge is 0.253 e. The summed E-state index contributed by atoms with van der Waals surface area (Å²) in [5.41, 5.74) is 1.90. The van der Waals surface area contributed by atoms with Gasteiger partial charge in [-0.05, 0) is 65.1 Å². The van der Waals surface area contributed by atoms with Crippen LogP contribution >= 0.6 is 27.9 Å². The highest BCUT2D eigenvalue weighted by molar-refractivity contribution is 9.10. The molecule has 2 N–H and O–H groups in total. The summed E-state index contributed by atoms with van der Waals surface area (Å²) in [7, 11) is 1.64. The van der Waals surface area contributed by atoms with Crippen LogP contribution in [-0.4, -0.2) is 36.1 Å². The summed E-state index contributed by atoms with van der Waals surface area (Å²) in [4.78, 5) is 14.7. The van der Waals surface area contributed by atoms with E-state index in [-0.39, 0.29) is 36.1 Å². The molecule has 4 rings (SSSR count). The van der Waals surface area contributed by atoms with Crippen LogP contribution in [0.5, 0.6) is 11.5 Å². The van der Waals surface area contributed by atoms with Crippen molar-refractivity contribution in [1.29, 1.82) is 0 Å². The number of nitrogens with one attached hydrogen (secondary N) is 1. The van der Waals surface area contributed by atoms with Gasteiger partial charge in [0, 0.05) is 29.8 Å². The van der Waals surface area contributed by atoms with Crippen molar-refractivity contribution in [2.75, 3.05) is 24.9 Å². The van der Waals surface area contributed by atoms with Crippen LogP contribution in [0.15, 0.2) is 51.8 Å². The fourth-order valence-electron chi connectivity index (χ4n) is 3.31. The molecule has 5 nitrogen and oxygen atoms in total. The number of carbonyl (C=O) groups is 1. The van der Waals surface area contributed by atoms with Crippen molar-refractivity contribution < 1.29 is 23.4 Å². The van der Waals surface area contributed by atoms with Crippen LogP contribution < -0.4 is 9.46 Å². The van der Waals surface area contributed by atoms with Gasteiger partial charge >= 0.3 is 0 Å². The standard InChI is InChI=1S/C23H19BrF2N2O3S/c1-12-3-4-20-15(7-12)14-10-19(18(26)11-17(14)25)27-32-21-9-13(8-16(24)22(21)29)23(30)28(2)5-6-31-20/h3-4,7-11,27,29H,5-6H2,1-2H3. The number of hydrogen-bond donors (Lipinski definition) is 2. The zero-order valence-electron chi connectivity index (χ0n) is 17.2. The number of amides is 1. The van der Waals surface area contributed by atoms with Gasteiger partial charge in [0.05, 0.1) is 21.6 Å². The van der Waals surface area contributed by atoms with E-state index in [0.717, 1.165) is 23.6 Å². The van der Waals surface area contributed by atoms with Gasteiger partial charge in [-0.15, -0.1) is 0 Å². The highest BCUT2D eigenvalue weighted by Crippen LogP contribution is 2.40. The van der Waals surface area contributed by atoms with Crippen LogP contribution in [0, 0.1) is 18.6 Å². The zero-order chi connectivity index (χ0) is 23.0. The molecule has 3 aromatic carbocycles. The third-order valence-corrected chi connectivity index (χ3v) is 6.52. The Morgan fingerprint density at radius 2 is 1.91 bits per heavy atom. The van der Waals surface area contributed by atoms with Crippen molar-refractivity contribution in [1.82, 2.24) is 4.90 Å². The van der Waals surface area contributed by atoms with Gasteiger partial charge in [0.1, 0.15) is 29.7 Å². The highest BCUT2D eigenvalue weighted by Gasteiger charge is 2.20. The molecular formula is C23H19BrF2N2O3S.